The Morgan fingerprint density at radius 2 is 1.62 bits per heavy atom. The van der Waals surface area contributed by atoms with Crippen LogP contribution in [0, 0.1) is 0 Å². The molecule has 1 unspecified atom stereocenters. The van der Waals surface area contributed by atoms with Crippen molar-refractivity contribution < 1.29 is 5.11 Å². The van der Waals surface area contributed by atoms with Crippen molar-refractivity contribution in [2.75, 3.05) is 20.1 Å². The molecule has 3 heteroatoms. The second kappa shape index (κ2) is 8.57. The molecule has 0 fully saturated rings. The van der Waals surface area contributed by atoms with E-state index in [9.17, 15) is 5.11 Å². The summed E-state index contributed by atoms with van der Waals surface area (Å²) in [4.78, 5) is 0. The maximum absolute atomic E-state index is 10.0. The van der Waals surface area contributed by atoms with Gasteiger partial charge in [-0.25, -0.2) is 0 Å². The number of benzene rings is 2. The SMILES string of the molecule is CNCc1ccc(CCNCC(O)c2ccccc2)cc1. The van der Waals surface area contributed by atoms with Crippen LogP contribution in [-0.2, 0) is 13.0 Å². The Labute approximate surface area is 127 Å². The number of rotatable bonds is 8. The van der Waals surface area contributed by atoms with Crippen LogP contribution < -0.4 is 10.6 Å². The van der Waals surface area contributed by atoms with E-state index in [0.717, 1.165) is 25.1 Å². The van der Waals surface area contributed by atoms with Crippen LogP contribution in [0.15, 0.2) is 54.6 Å². The predicted molar refractivity (Wildman–Crippen MR) is 87.2 cm³/mol. The Hall–Kier alpha value is -1.68. The summed E-state index contributed by atoms with van der Waals surface area (Å²) in [5.74, 6) is 0. The molecule has 0 bridgehead atoms. The number of hydrogen-bond acceptors (Lipinski definition) is 3. The van der Waals surface area contributed by atoms with Crippen LogP contribution in [0.4, 0.5) is 0 Å². The van der Waals surface area contributed by atoms with E-state index >= 15 is 0 Å². The summed E-state index contributed by atoms with van der Waals surface area (Å²) in [6, 6.07) is 18.4. The molecule has 2 rings (SSSR count). The van der Waals surface area contributed by atoms with Crippen molar-refractivity contribution >= 4 is 0 Å². The first-order chi connectivity index (χ1) is 10.3. The zero-order valence-electron chi connectivity index (χ0n) is 12.5. The second-order valence-electron chi connectivity index (χ2n) is 5.23. The lowest BCUT2D eigenvalue weighted by Crippen LogP contribution is -2.23. The summed E-state index contributed by atoms with van der Waals surface area (Å²) in [6.45, 7) is 2.36. The van der Waals surface area contributed by atoms with Gasteiger partial charge in [0.25, 0.3) is 0 Å². The minimum atomic E-state index is -0.441. The Morgan fingerprint density at radius 1 is 0.952 bits per heavy atom. The maximum atomic E-state index is 10.0. The first-order valence-electron chi connectivity index (χ1n) is 7.45. The second-order valence-corrected chi connectivity index (χ2v) is 5.23. The molecule has 0 radical (unpaired) electrons. The fraction of sp³-hybridized carbons (Fsp3) is 0.333. The highest BCUT2D eigenvalue weighted by Crippen LogP contribution is 2.10. The lowest BCUT2D eigenvalue weighted by molar-refractivity contribution is 0.175. The molecule has 3 N–H and O–H groups in total. The molecular formula is C18H24N2O. The summed E-state index contributed by atoms with van der Waals surface area (Å²) >= 11 is 0. The van der Waals surface area contributed by atoms with Crippen LogP contribution in [-0.4, -0.2) is 25.2 Å². The molecule has 0 aliphatic carbocycles. The molecule has 112 valence electrons. The first-order valence-corrected chi connectivity index (χ1v) is 7.45. The monoisotopic (exact) mass is 284 g/mol. The predicted octanol–water partition coefficient (Wildman–Crippen LogP) is 2.27. The van der Waals surface area contributed by atoms with Crippen molar-refractivity contribution in [1.29, 1.82) is 0 Å². The average Bonchev–Trinajstić information content (AvgIpc) is 2.54. The zero-order chi connectivity index (χ0) is 14.9. The van der Waals surface area contributed by atoms with Gasteiger partial charge in [0.15, 0.2) is 0 Å². The van der Waals surface area contributed by atoms with Gasteiger partial charge in [-0.1, -0.05) is 54.6 Å². The van der Waals surface area contributed by atoms with Gasteiger partial charge in [-0.05, 0) is 36.7 Å². The average molecular weight is 284 g/mol. The van der Waals surface area contributed by atoms with Crippen LogP contribution in [0.5, 0.6) is 0 Å². The molecule has 2 aromatic rings. The van der Waals surface area contributed by atoms with Gasteiger partial charge in [0.2, 0.25) is 0 Å². The minimum Gasteiger partial charge on any atom is -0.387 e. The van der Waals surface area contributed by atoms with Gasteiger partial charge < -0.3 is 15.7 Å². The first kappa shape index (κ1) is 15.7. The van der Waals surface area contributed by atoms with Gasteiger partial charge in [0, 0.05) is 13.1 Å². The normalized spacial score (nSPS) is 12.3. The van der Waals surface area contributed by atoms with Crippen molar-refractivity contribution in [1.82, 2.24) is 10.6 Å². The number of nitrogens with one attached hydrogen (secondary N) is 2. The molecule has 1 atom stereocenters. The fourth-order valence-electron chi connectivity index (χ4n) is 2.29. The molecule has 0 heterocycles. The third-order valence-electron chi connectivity index (χ3n) is 3.52. The van der Waals surface area contributed by atoms with Crippen molar-refractivity contribution in [2.24, 2.45) is 0 Å². The van der Waals surface area contributed by atoms with Crippen LogP contribution >= 0.6 is 0 Å². The zero-order valence-corrected chi connectivity index (χ0v) is 12.5. The van der Waals surface area contributed by atoms with Crippen molar-refractivity contribution in [3.05, 3.63) is 71.3 Å². The molecule has 3 nitrogen and oxygen atoms in total. The summed E-state index contributed by atoms with van der Waals surface area (Å²) in [5.41, 5.74) is 3.58. The Bertz CT molecular complexity index is 511. The molecule has 0 aliphatic heterocycles. The highest BCUT2D eigenvalue weighted by atomic mass is 16.3. The van der Waals surface area contributed by atoms with Crippen LogP contribution in [0.3, 0.4) is 0 Å². The van der Waals surface area contributed by atoms with E-state index in [1.807, 2.05) is 37.4 Å². The number of aliphatic hydroxyl groups is 1. The van der Waals surface area contributed by atoms with Gasteiger partial charge in [0.1, 0.15) is 0 Å². The van der Waals surface area contributed by atoms with Crippen molar-refractivity contribution in [3.8, 4) is 0 Å². The van der Waals surface area contributed by atoms with Crippen LogP contribution in [0.25, 0.3) is 0 Å². The van der Waals surface area contributed by atoms with E-state index in [2.05, 4.69) is 34.9 Å². The summed E-state index contributed by atoms with van der Waals surface area (Å²) in [6.07, 6.45) is 0.533. The molecule has 0 aliphatic rings. The van der Waals surface area contributed by atoms with Gasteiger partial charge >= 0.3 is 0 Å². The van der Waals surface area contributed by atoms with E-state index < -0.39 is 6.10 Å². The van der Waals surface area contributed by atoms with Gasteiger partial charge in [-0.15, -0.1) is 0 Å². The summed E-state index contributed by atoms with van der Waals surface area (Å²) in [7, 11) is 1.95. The lowest BCUT2D eigenvalue weighted by Gasteiger charge is -2.12. The van der Waals surface area contributed by atoms with Crippen molar-refractivity contribution in [2.45, 2.75) is 19.1 Å². The largest absolute Gasteiger partial charge is 0.387 e. The number of hydrogen-bond donors (Lipinski definition) is 3. The van der Waals surface area contributed by atoms with Crippen molar-refractivity contribution in [3.63, 3.8) is 0 Å². The Morgan fingerprint density at radius 3 is 2.29 bits per heavy atom. The number of aliphatic hydroxyl groups excluding tert-OH is 1. The van der Waals surface area contributed by atoms with Crippen LogP contribution in [0.2, 0.25) is 0 Å². The van der Waals surface area contributed by atoms with Gasteiger partial charge in [-0.3, -0.25) is 0 Å². The summed E-state index contributed by atoms with van der Waals surface area (Å²) in [5, 5.41) is 16.5. The minimum absolute atomic E-state index is 0.441. The molecule has 0 saturated carbocycles. The van der Waals surface area contributed by atoms with E-state index in [1.54, 1.807) is 0 Å². The standard InChI is InChI=1S/C18H24N2O/c1-19-13-16-9-7-15(8-10-16)11-12-20-14-18(21)17-5-3-2-4-6-17/h2-10,18-21H,11-14H2,1H3. The highest BCUT2D eigenvalue weighted by Gasteiger charge is 2.05. The molecular weight excluding hydrogens is 260 g/mol. The quantitative estimate of drug-likeness (QED) is 0.652. The van der Waals surface area contributed by atoms with E-state index in [-0.39, 0.29) is 0 Å². The molecule has 0 amide bonds. The van der Waals surface area contributed by atoms with E-state index in [4.69, 9.17) is 0 Å². The molecule has 0 spiro atoms. The molecule has 0 saturated heterocycles. The highest BCUT2D eigenvalue weighted by molar-refractivity contribution is 5.22. The Balaban J connectivity index is 1.69. The third-order valence-corrected chi connectivity index (χ3v) is 3.52. The topological polar surface area (TPSA) is 44.3 Å². The van der Waals surface area contributed by atoms with E-state index in [0.29, 0.717) is 6.54 Å². The Kier molecular flexibility index (Phi) is 6.41. The molecule has 2 aromatic carbocycles. The summed E-state index contributed by atoms with van der Waals surface area (Å²) < 4.78 is 0. The lowest BCUT2D eigenvalue weighted by atomic mass is 10.1. The third kappa shape index (κ3) is 5.31. The molecule has 21 heavy (non-hydrogen) atoms. The van der Waals surface area contributed by atoms with E-state index in [1.165, 1.54) is 11.1 Å². The van der Waals surface area contributed by atoms with Gasteiger partial charge in [0.05, 0.1) is 6.10 Å². The maximum Gasteiger partial charge on any atom is 0.0914 e. The van der Waals surface area contributed by atoms with Gasteiger partial charge in [-0.2, -0.15) is 0 Å². The smallest absolute Gasteiger partial charge is 0.0914 e. The fourth-order valence-corrected chi connectivity index (χ4v) is 2.29. The van der Waals surface area contributed by atoms with Crippen LogP contribution in [0.1, 0.15) is 22.8 Å². The molecule has 0 aromatic heterocycles.